The molecule has 0 aromatic rings. The molecule has 0 bridgehead atoms. The van der Waals surface area contributed by atoms with Gasteiger partial charge in [0.1, 0.15) is 18.8 Å². The molecule has 0 aromatic carbocycles. The Bertz CT molecular complexity index is 1300. The van der Waals surface area contributed by atoms with Crippen molar-refractivity contribution in [2.24, 2.45) is 0 Å². The molecule has 1 rings (SSSR count). The Morgan fingerprint density at radius 2 is 0.841 bits per heavy atom. The van der Waals surface area contributed by atoms with Crippen LogP contribution in [0.4, 0.5) is 0 Å². The van der Waals surface area contributed by atoms with Gasteiger partial charge in [-0.2, -0.15) is 0 Å². The van der Waals surface area contributed by atoms with E-state index < -0.39 is 67.3 Å². The largest absolute Gasteiger partial charge is 0.479 e. The van der Waals surface area contributed by atoms with Crippen LogP contribution in [-0.2, 0) is 42.9 Å². The molecule has 1 aliphatic rings. The fourth-order valence-electron chi connectivity index (χ4n) is 8.58. The number of hydrogen-bond donors (Lipinski definition) is 3. The van der Waals surface area contributed by atoms with Gasteiger partial charge in [0.15, 0.2) is 24.6 Å². The van der Waals surface area contributed by atoms with Crippen molar-refractivity contribution >= 4 is 23.9 Å². The standard InChI is InChI=1S/C57H102O12/c1-4-7-10-13-16-19-22-24-25-27-29-31-34-37-40-43-49(58)65-46-48(67-50(59)44-41-38-35-33-30-26-23-20-17-14-11-8-5-2)47-66-57-55(53(62)52(61)54(69-57)56(63)64)68-51(60)45-42-39-36-32-28-21-18-15-12-9-6-3/h15,18,24-25,48,52-55,57,61-62H,4-14,16-17,19-23,26-47H2,1-3H3,(H,63,64)/b18-15-,25-24-. The predicted molar refractivity (Wildman–Crippen MR) is 276 cm³/mol. The molecule has 1 aliphatic heterocycles. The number of carbonyl (C=O) groups excluding carboxylic acids is 3. The van der Waals surface area contributed by atoms with Crippen LogP contribution >= 0.6 is 0 Å². The first-order valence-electron chi connectivity index (χ1n) is 28.3. The number of rotatable bonds is 48. The number of aliphatic hydroxyl groups is 2. The molecule has 12 heteroatoms. The van der Waals surface area contributed by atoms with Gasteiger partial charge in [0.25, 0.3) is 0 Å². The number of carboxylic acids is 1. The molecular formula is C57H102O12. The van der Waals surface area contributed by atoms with Crippen LogP contribution in [0.5, 0.6) is 0 Å². The third-order valence-electron chi connectivity index (χ3n) is 13.0. The van der Waals surface area contributed by atoms with Gasteiger partial charge in [-0.3, -0.25) is 14.4 Å². The molecule has 0 saturated carbocycles. The van der Waals surface area contributed by atoms with E-state index in [1.54, 1.807) is 0 Å². The molecule has 1 saturated heterocycles. The van der Waals surface area contributed by atoms with Gasteiger partial charge in [0.2, 0.25) is 0 Å². The minimum absolute atomic E-state index is 0.0530. The topological polar surface area (TPSA) is 175 Å². The Kier molecular flexibility index (Phi) is 43.1. The Morgan fingerprint density at radius 3 is 1.28 bits per heavy atom. The zero-order chi connectivity index (χ0) is 50.4. The van der Waals surface area contributed by atoms with E-state index in [0.717, 1.165) is 96.3 Å². The van der Waals surface area contributed by atoms with E-state index in [1.165, 1.54) is 109 Å². The zero-order valence-electron chi connectivity index (χ0n) is 44.1. The number of carboxylic acid groups (broad SMARTS) is 1. The second-order valence-corrected chi connectivity index (χ2v) is 19.6. The Hall–Kier alpha value is -2.80. The number of aliphatic carboxylic acids is 1. The molecule has 0 aliphatic carbocycles. The van der Waals surface area contributed by atoms with E-state index in [-0.39, 0.29) is 25.9 Å². The number of carbonyl (C=O) groups is 4. The van der Waals surface area contributed by atoms with Crippen LogP contribution in [0.3, 0.4) is 0 Å². The van der Waals surface area contributed by atoms with E-state index >= 15 is 0 Å². The van der Waals surface area contributed by atoms with Gasteiger partial charge < -0.3 is 39.0 Å². The van der Waals surface area contributed by atoms with Gasteiger partial charge in [0.05, 0.1) is 6.61 Å². The maximum atomic E-state index is 13.1. The molecular weight excluding hydrogens is 877 g/mol. The monoisotopic (exact) mass is 979 g/mol. The van der Waals surface area contributed by atoms with E-state index in [0.29, 0.717) is 19.3 Å². The van der Waals surface area contributed by atoms with Crippen molar-refractivity contribution in [2.75, 3.05) is 13.2 Å². The third kappa shape index (κ3) is 36.7. The van der Waals surface area contributed by atoms with Crippen molar-refractivity contribution in [3.63, 3.8) is 0 Å². The number of allylic oxidation sites excluding steroid dienone is 4. The van der Waals surface area contributed by atoms with Crippen LogP contribution in [-0.4, -0.2) is 89.2 Å². The summed E-state index contributed by atoms with van der Waals surface area (Å²) in [6.07, 6.45) is 38.7. The highest BCUT2D eigenvalue weighted by Crippen LogP contribution is 2.26. The summed E-state index contributed by atoms with van der Waals surface area (Å²) in [4.78, 5) is 50.9. The zero-order valence-corrected chi connectivity index (χ0v) is 44.1. The van der Waals surface area contributed by atoms with Crippen molar-refractivity contribution < 1.29 is 58.2 Å². The fraction of sp³-hybridized carbons (Fsp3) is 0.860. The van der Waals surface area contributed by atoms with Gasteiger partial charge in [-0.1, -0.05) is 206 Å². The SMILES string of the molecule is CCCC/C=C\CCCCCCCC(=O)OC1C(OCC(COC(=O)CCCCCCC/C=C\CCCCCCCC)OC(=O)CCCCCCCCCCCCCCC)OC(C(=O)O)C(O)C1O. The Balaban J connectivity index is 2.70. The van der Waals surface area contributed by atoms with E-state index in [4.69, 9.17) is 23.7 Å². The average Bonchev–Trinajstić information content (AvgIpc) is 3.33. The second-order valence-electron chi connectivity index (χ2n) is 19.6. The smallest absolute Gasteiger partial charge is 0.335 e. The van der Waals surface area contributed by atoms with Crippen molar-refractivity contribution in [3.05, 3.63) is 24.3 Å². The van der Waals surface area contributed by atoms with Gasteiger partial charge in [-0.15, -0.1) is 0 Å². The summed E-state index contributed by atoms with van der Waals surface area (Å²) < 4.78 is 28.3. The van der Waals surface area contributed by atoms with Crippen molar-refractivity contribution in [1.82, 2.24) is 0 Å². The van der Waals surface area contributed by atoms with E-state index in [1.807, 2.05) is 0 Å². The highest BCUT2D eigenvalue weighted by Gasteiger charge is 2.50. The maximum absolute atomic E-state index is 13.1. The van der Waals surface area contributed by atoms with Crippen LogP contribution in [0, 0.1) is 0 Å². The first kappa shape index (κ1) is 64.2. The molecule has 0 amide bonds. The van der Waals surface area contributed by atoms with Crippen molar-refractivity contribution in [1.29, 1.82) is 0 Å². The van der Waals surface area contributed by atoms with E-state index in [2.05, 4.69) is 45.1 Å². The minimum Gasteiger partial charge on any atom is -0.479 e. The average molecular weight is 979 g/mol. The summed E-state index contributed by atoms with van der Waals surface area (Å²) in [5.74, 6) is -3.12. The molecule has 402 valence electrons. The quantitative estimate of drug-likeness (QED) is 0.0228. The summed E-state index contributed by atoms with van der Waals surface area (Å²) in [6, 6.07) is 0. The first-order valence-corrected chi connectivity index (χ1v) is 28.3. The Morgan fingerprint density at radius 1 is 0.464 bits per heavy atom. The van der Waals surface area contributed by atoms with E-state index in [9.17, 15) is 34.5 Å². The van der Waals surface area contributed by atoms with Gasteiger partial charge in [0, 0.05) is 19.3 Å². The molecule has 6 unspecified atom stereocenters. The first-order chi connectivity index (χ1) is 33.6. The summed E-state index contributed by atoms with van der Waals surface area (Å²) in [6.45, 7) is 5.94. The lowest BCUT2D eigenvalue weighted by Crippen LogP contribution is -2.61. The molecule has 0 spiro atoms. The van der Waals surface area contributed by atoms with Gasteiger partial charge >= 0.3 is 23.9 Å². The molecule has 6 atom stereocenters. The van der Waals surface area contributed by atoms with Gasteiger partial charge in [-0.25, -0.2) is 4.79 Å². The predicted octanol–water partition coefficient (Wildman–Crippen LogP) is 13.9. The van der Waals surface area contributed by atoms with Crippen LogP contribution in [0.25, 0.3) is 0 Å². The summed E-state index contributed by atoms with van der Waals surface area (Å²) in [5, 5.41) is 31.4. The van der Waals surface area contributed by atoms with Crippen molar-refractivity contribution in [3.8, 4) is 0 Å². The molecule has 1 fully saturated rings. The Labute approximate surface area is 419 Å². The molecule has 0 aromatic heterocycles. The van der Waals surface area contributed by atoms with Crippen LogP contribution in [0.1, 0.15) is 265 Å². The van der Waals surface area contributed by atoms with Gasteiger partial charge in [-0.05, 0) is 64.2 Å². The fourth-order valence-corrected chi connectivity index (χ4v) is 8.58. The summed E-state index contributed by atoms with van der Waals surface area (Å²) in [5.41, 5.74) is 0. The van der Waals surface area contributed by atoms with Crippen LogP contribution in [0.15, 0.2) is 24.3 Å². The minimum atomic E-state index is -1.90. The lowest BCUT2D eigenvalue weighted by Gasteiger charge is -2.40. The van der Waals surface area contributed by atoms with Crippen LogP contribution in [0.2, 0.25) is 0 Å². The lowest BCUT2D eigenvalue weighted by atomic mass is 9.98. The lowest BCUT2D eigenvalue weighted by molar-refractivity contribution is -0.301. The molecule has 12 nitrogen and oxygen atoms in total. The second kappa shape index (κ2) is 46.3. The molecule has 1 heterocycles. The highest BCUT2D eigenvalue weighted by atomic mass is 16.7. The highest BCUT2D eigenvalue weighted by molar-refractivity contribution is 5.74. The number of unbranched alkanes of at least 4 members (excludes halogenated alkanes) is 30. The van der Waals surface area contributed by atoms with Crippen LogP contribution < -0.4 is 0 Å². The normalized spacial score (nSPS) is 18.8. The molecule has 69 heavy (non-hydrogen) atoms. The number of ether oxygens (including phenoxy) is 5. The summed E-state index contributed by atoms with van der Waals surface area (Å²) in [7, 11) is 0. The number of aliphatic hydroxyl groups excluding tert-OH is 2. The maximum Gasteiger partial charge on any atom is 0.335 e. The summed E-state index contributed by atoms with van der Waals surface area (Å²) >= 11 is 0. The molecule has 3 N–H and O–H groups in total. The number of esters is 3. The van der Waals surface area contributed by atoms with Crippen molar-refractivity contribution in [2.45, 2.75) is 302 Å². The molecule has 0 radical (unpaired) electrons. The number of hydrogen-bond acceptors (Lipinski definition) is 11. The third-order valence-corrected chi connectivity index (χ3v) is 13.0.